The quantitative estimate of drug-likeness (QED) is 0.901. The summed E-state index contributed by atoms with van der Waals surface area (Å²) >= 11 is 0. The first-order valence-electron chi connectivity index (χ1n) is 6.76. The molecule has 0 radical (unpaired) electrons. The van der Waals surface area contributed by atoms with Crippen LogP contribution in [0.2, 0.25) is 0 Å². The second kappa shape index (κ2) is 5.49. The smallest absolute Gasteiger partial charge is 0.252 e. The van der Waals surface area contributed by atoms with E-state index in [0.29, 0.717) is 6.54 Å². The molecule has 0 fully saturated rings. The lowest BCUT2D eigenvalue weighted by molar-refractivity contribution is 0.0949. The highest BCUT2D eigenvalue weighted by atomic mass is 16.1. The van der Waals surface area contributed by atoms with E-state index in [1.807, 2.05) is 13.8 Å². The Morgan fingerprint density at radius 1 is 1.05 bits per heavy atom. The number of hydrogen-bond donors (Lipinski definition) is 2. The van der Waals surface area contributed by atoms with Crippen LogP contribution in [-0.4, -0.2) is 16.1 Å². The van der Waals surface area contributed by atoms with Gasteiger partial charge < -0.3 is 5.32 Å². The maximum atomic E-state index is 12.5. The Bertz CT molecular complexity index is 613. The Kier molecular flexibility index (Phi) is 3.93. The molecule has 20 heavy (non-hydrogen) atoms. The molecule has 106 valence electrons. The van der Waals surface area contributed by atoms with Crippen molar-refractivity contribution in [3.05, 3.63) is 51.3 Å². The molecule has 2 aromatic rings. The minimum atomic E-state index is -0.0209. The summed E-state index contributed by atoms with van der Waals surface area (Å²) in [4.78, 5) is 12.5. The average Bonchev–Trinajstić information content (AvgIpc) is 2.94. The standard InChI is InChI=1S/C16H21N3O/c1-9-10(2)12(4)15(13(5)11(9)3)16(20)17-6-14-7-18-19-8-14/h7-8H,6H2,1-5H3,(H,17,20)(H,18,19). The van der Waals surface area contributed by atoms with Gasteiger partial charge in [0.25, 0.3) is 5.91 Å². The number of rotatable bonds is 3. The van der Waals surface area contributed by atoms with Crippen molar-refractivity contribution < 1.29 is 4.79 Å². The predicted octanol–water partition coefficient (Wildman–Crippen LogP) is 2.88. The van der Waals surface area contributed by atoms with Gasteiger partial charge in [-0.2, -0.15) is 5.10 Å². The second-order valence-electron chi connectivity index (χ2n) is 5.29. The van der Waals surface area contributed by atoms with Crippen LogP contribution in [0.3, 0.4) is 0 Å². The summed E-state index contributed by atoms with van der Waals surface area (Å²) in [6.07, 6.45) is 3.50. The number of benzene rings is 1. The number of hydrogen-bond acceptors (Lipinski definition) is 2. The van der Waals surface area contributed by atoms with Crippen LogP contribution in [-0.2, 0) is 6.54 Å². The first kappa shape index (κ1) is 14.3. The summed E-state index contributed by atoms with van der Waals surface area (Å²) in [5, 5.41) is 9.57. The lowest BCUT2D eigenvalue weighted by atomic mass is 9.89. The molecular weight excluding hydrogens is 250 g/mol. The minimum Gasteiger partial charge on any atom is -0.348 e. The molecule has 0 saturated carbocycles. The first-order chi connectivity index (χ1) is 9.43. The van der Waals surface area contributed by atoms with Crippen LogP contribution in [0.15, 0.2) is 12.4 Å². The van der Waals surface area contributed by atoms with Gasteiger partial charge in [0.15, 0.2) is 0 Å². The van der Waals surface area contributed by atoms with Crippen molar-refractivity contribution in [1.29, 1.82) is 0 Å². The highest BCUT2D eigenvalue weighted by molar-refractivity contribution is 5.98. The molecule has 2 rings (SSSR count). The average molecular weight is 271 g/mol. The second-order valence-corrected chi connectivity index (χ2v) is 5.29. The van der Waals surface area contributed by atoms with Gasteiger partial charge in [-0.15, -0.1) is 0 Å². The Hall–Kier alpha value is -2.10. The molecule has 4 heteroatoms. The van der Waals surface area contributed by atoms with E-state index < -0.39 is 0 Å². The van der Waals surface area contributed by atoms with E-state index in [-0.39, 0.29) is 5.91 Å². The maximum Gasteiger partial charge on any atom is 0.252 e. The van der Waals surface area contributed by atoms with E-state index >= 15 is 0 Å². The zero-order valence-electron chi connectivity index (χ0n) is 12.7. The van der Waals surface area contributed by atoms with Gasteiger partial charge >= 0.3 is 0 Å². The van der Waals surface area contributed by atoms with Gasteiger partial charge in [-0.05, 0) is 62.4 Å². The molecule has 2 N–H and O–H groups in total. The van der Waals surface area contributed by atoms with Gasteiger partial charge in [0, 0.05) is 23.9 Å². The topological polar surface area (TPSA) is 57.8 Å². The molecule has 1 aromatic heterocycles. The van der Waals surface area contributed by atoms with Crippen molar-refractivity contribution in [2.75, 3.05) is 0 Å². The van der Waals surface area contributed by atoms with Crippen LogP contribution in [0.1, 0.15) is 43.7 Å². The molecule has 0 spiro atoms. The van der Waals surface area contributed by atoms with E-state index in [0.717, 1.165) is 22.3 Å². The first-order valence-corrected chi connectivity index (χ1v) is 6.76. The van der Waals surface area contributed by atoms with E-state index in [1.165, 1.54) is 16.7 Å². The third-order valence-electron chi connectivity index (χ3n) is 4.23. The van der Waals surface area contributed by atoms with Crippen LogP contribution in [0.4, 0.5) is 0 Å². The van der Waals surface area contributed by atoms with Crippen LogP contribution < -0.4 is 5.32 Å². The number of nitrogens with zero attached hydrogens (tertiary/aromatic N) is 1. The monoisotopic (exact) mass is 271 g/mol. The normalized spacial score (nSPS) is 10.7. The molecule has 1 aromatic carbocycles. The molecule has 0 aliphatic rings. The number of amides is 1. The van der Waals surface area contributed by atoms with Crippen molar-refractivity contribution in [1.82, 2.24) is 15.5 Å². The summed E-state index contributed by atoms with van der Waals surface area (Å²) < 4.78 is 0. The van der Waals surface area contributed by atoms with Gasteiger partial charge in [-0.1, -0.05) is 0 Å². The Morgan fingerprint density at radius 3 is 2.10 bits per heavy atom. The molecular formula is C16H21N3O. The molecule has 4 nitrogen and oxygen atoms in total. The van der Waals surface area contributed by atoms with Crippen LogP contribution in [0.25, 0.3) is 0 Å². The Labute approximate surface area is 119 Å². The highest BCUT2D eigenvalue weighted by Crippen LogP contribution is 2.25. The fourth-order valence-corrected chi connectivity index (χ4v) is 2.49. The van der Waals surface area contributed by atoms with Gasteiger partial charge in [-0.25, -0.2) is 0 Å². The maximum absolute atomic E-state index is 12.5. The molecule has 0 unspecified atom stereocenters. The highest BCUT2D eigenvalue weighted by Gasteiger charge is 2.17. The third-order valence-corrected chi connectivity index (χ3v) is 4.23. The molecule has 0 atom stereocenters. The predicted molar refractivity (Wildman–Crippen MR) is 79.9 cm³/mol. The van der Waals surface area contributed by atoms with Gasteiger partial charge in [0.05, 0.1) is 6.20 Å². The van der Waals surface area contributed by atoms with Crippen LogP contribution in [0, 0.1) is 34.6 Å². The van der Waals surface area contributed by atoms with Crippen molar-refractivity contribution in [2.45, 2.75) is 41.2 Å². The lowest BCUT2D eigenvalue weighted by Gasteiger charge is -2.18. The molecule has 0 bridgehead atoms. The van der Waals surface area contributed by atoms with E-state index in [4.69, 9.17) is 0 Å². The summed E-state index contributed by atoms with van der Waals surface area (Å²) in [5.74, 6) is -0.0209. The zero-order chi connectivity index (χ0) is 14.9. The van der Waals surface area contributed by atoms with Gasteiger partial charge in [0.1, 0.15) is 0 Å². The Morgan fingerprint density at radius 2 is 1.60 bits per heavy atom. The number of carbonyl (C=O) groups excluding carboxylic acids is 1. The number of H-pyrrole nitrogens is 1. The molecule has 1 amide bonds. The van der Waals surface area contributed by atoms with E-state index in [1.54, 1.807) is 12.4 Å². The minimum absolute atomic E-state index is 0.0209. The lowest BCUT2D eigenvalue weighted by Crippen LogP contribution is -2.25. The van der Waals surface area contributed by atoms with Gasteiger partial charge in [-0.3, -0.25) is 9.89 Å². The SMILES string of the molecule is Cc1c(C)c(C)c(C(=O)NCc2cn[nH]c2)c(C)c1C. The summed E-state index contributed by atoms with van der Waals surface area (Å²) in [6, 6.07) is 0. The van der Waals surface area contributed by atoms with Crippen LogP contribution >= 0.6 is 0 Å². The fraction of sp³-hybridized carbons (Fsp3) is 0.375. The molecule has 0 saturated heterocycles. The van der Waals surface area contributed by atoms with Crippen molar-refractivity contribution >= 4 is 5.91 Å². The van der Waals surface area contributed by atoms with Crippen molar-refractivity contribution in [3.63, 3.8) is 0 Å². The largest absolute Gasteiger partial charge is 0.348 e. The summed E-state index contributed by atoms with van der Waals surface area (Å²) in [7, 11) is 0. The van der Waals surface area contributed by atoms with E-state index in [9.17, 15) is 4.79 Å². The molecule has 1 heterocycles. The third kappa shape index (κ3) is 2.46. The number of carbonyl (C=O) groups is 1. The van der Waals surface area contributed by atoms with E-state index in [2.05, 4.69) is 36.3 Å². The summed E-state index contributed by atoms with van der Waals surface area (Å²) in [5.41, 5.74) is 7.56. The Balaban J connectivity index is 2.30. The number of aromatic nitrogens is 2. The zero-order valence-corrected chi connectivity index (χ0v) is 12.7. The van der Waals surface area contributed by atoms with Crippen LogP contribution in [0.5, 0.6) is 0 Å². The van der Waals surface area contributed by atoms with Gasteiger partial charge in [0.2, 0.25) is 0 Å². The number of aromatic amines is 1. The van der Waals surface area contributed by atoms with Crippen molar-refractivity contribution in [3.8, 4) is 0 Å². The fourth-order valence-electron chi connectivity index (χ4n) is 2.49. The molecule has 0 aliphatic heterocycles. The molecule has 0 aliphatic carbocycles. The number of nitrogens with one attached hydrogen (secondary N) is 2. The summed E-state index contributed by atoms with van der Waals surface area (Å²) in [6.45, 7) is 10.8. The van der Waals surface area contributed by atoms with Crippen molar-refractivity contribution in [2.24, 2.45) is 0 Å².